The second kappa shape index (κ2) is 14.3. The Bertz CT molecular complexity index is 686. The SMILES string of the molecule is CC.COCc1ccccc1.Cc1cc(Br)ncc1NC(=O)C1CCCCC1. The van der Waals surface area contributed by atoms with E-state index in [0.717, 1.165) is 28.7 Å². The lowest BCUT2D eigenvalue weighted by Crippen LogP contribution is -2.25. The van der Waals surface area contributed by atoms with Crippen molar-refractivity contribution >= 4 is 27.5 Å². The molecule has 1 saturated carbocycles. The molecule has 0 radical (unpaired) electrons. The second-order valence-electron chi connectivity index (χ2n) is 6.56. The van der Waals surface area contributed by atoms with Gasteiger partial charge in [-0.25, -0.2) is 4.98 Å². The summed E-state index contributed by atoms with van der Waals surface area (Å²) >= 11 is 3.32. The highest BCUT2D eigenvalue weighted by Crippen LogP contribution is 2.25. The first-order valence-electron chi connectivity index (χ1n) is 10.1. The fourth-order valence-electron chi connectivity index (χ4n) is 2.99. The lowest BCUT2D eigenvalue weighted by molar-refractivity contribution is -0.120. The minimum Gasteiger partial charge on any atom is -0.380 e. The molecule has 0 unspecified atom stereocenters. The third kappa shape index (κ3) is 8.98. The summed E-state index contributed by atoms with van der Waals surface area (Å²) in [4.78, 5) is 16.2. The van der Waals surface area contributed by atoms with Crippen molar-refractivity contribution in [1.82, 2.24) is 4.98 Å². The zero-order valence-corrected chi connectivity index (χ0v) is 19.1. The van der Waals surface area contributed by atoms with Crippen molar-refractivity contribution in [2.24, 2.45) is 5.92 Å². The summed E-state index contributed by atoms with van der Waals surface area (Å²) in [6.07, 6.45) is 7.37. The Morgan fingerprint density at radius 2 is 1.82 bits per heavy atom. The summed E-state index contributed by atoms with van der Waals surface area (Å²) in [6.45, 7) is 6.68. The number of nitrogens with one attached hydrogen (secondary N) is 1. The Labute approximate surface area is 178 Å². The fourth-order valence-corrected chi connectivity index (χ4v) is 3.44. The molecule has 0 bridgehead atoms. The normalized spacial score (nSPS) is 13.5. The van der Waals surface area contributed by atoms with E-state index in [2.05, 4.69) is 26.2 Å². The fraction of sp³-hybridized carbons (Fsp3) is 0.478. The van der Waals surface area contributed by atoms with Gasteiger partial charge in [0.15, 0.2) is 0 Å². The third-order valence-corrected chi connectivity index (χ3v) is 4.90. The van der Waals surface area contributed by atoms with Gasteiger partial charge < -0.3 is 10.1 Å². The highest BCUT2D eigenvalue weighted by Gasteiger charge is 2.21. The van der Waals surface area contributed by atoms with E-state index in [-0.39, 0.29) is 11.8 Å². The maximum Gasteiger partial charge on any atom is 0.227 e. The number of pyridine rings is 1. The Balaban J connectivity index is 0.000000301. The van der Waals surface area contributed by atoms with Crippen molar-refractivity contribution in [1.29, 1.82) is 0 Å². The summed E-state index contributed by atoms with van der Waals surface area (Å²) in [5, 5.41) is 2.98. The number of aromatic nitrogens is 1. The number of halogens is 1. The molecule has 1 aliphatic carbocycles. The summed E-state index contributed by atoms with van der Waals surface area (Å²) in [6, 6.07) is 12.0. The van der Waals surface area contributed by atoms with Crippen LogP contribution in [0.25, 0.3) is 0 Å². The van der Waals surface area contributed by atoms with E-state index in [1.165, 1.54) is 24.8 Å². The number of hydrogen-bond acceptors (Lipinski definition) is 3. The van der Waals surface area contributed by atoms with Gasteiger partial charge in [0.1, 0.15) is 4.60 Å². The van der Waals surface area contributed by atoms with Crippen LogP contribution in [-0.4, -0.2) is 18.0 Å². The summed E-state index contributed by atoms with van der Waals surface area (Å²) in [7, 11) is 1.70. The number of ether oxygens (including phenoxy) is 1. The highest BCUT2D eigenvalue weighted by atomic mass is 79.9. The molecule has 28 heavy (non-hydrogen) atoms. The van der Waals surface area contributed by atoms with E-state index >= 15 is 0 Å². The van der Waals surface area contributed by atoms with Crippen molar-refractivity contribution in [3.05, 3.63) is 58.3 Å². The first-order valence-corrected chi connectivity index (χ1v) is 10.9. The molecule has 1 fully saturated rings. The van der Waals surface area contributed by atoms with Crippen LogP contribution in [0.2, 0.25) is 0 Å². The molecule has 0 atom stereocenters. The van der Waals surface area contributed by atoms with Crippen LogP contribution < -0.4 is 5.32 Å². The average molecular weight is 449 g/mol. The van der Waals surface area contributed by atoms with Crippen LogP contribution in [0.3, 0.4) is 0 Å². The Morgan fingerprint density at radius 3 is 2.39 bits per heavy atom. The molecule has 154 valence electrons. The second-order valence-corrected chi connectivity index (χ2v) is 7.38. The van der Waals surface area contributed by atoms with Crippen molar-refractivity contribution < 1.29 is 9.53 Å². The highest BCUT2D eigenvalue weighted by molar-refractivity contribution is 9.10. The molecule has 0 saturated heterocycles. The molecule has 5 heteroatoms. The quantitative estimate of drug-likeness (QED) is 0.540. The number of rotatable bonds is 4. The molecular formula is C23H33BrN2O2. The van der Waals surface area contributed by atoms with E-state index < -0.39 is 0 Å². The van der Waals surface area contributed by atoms with Gasteiger partial charge in [0.25, 0.3) is 0 Å². The number of anilines is 1. The topological polar surface area (TPSA) is 51.2 Å². The molecule has 2 aromatic rings. The maximum absolute atomic E-state index is 12.1. The number of benzene rings is 1. The molecule has 3 rings (SSSR count). The van der Waals surface area contributed by atoms with Gasteiger partial charge in [-0.1, -0.05) is 63.4 Å². The van der Waals surface area contributed by atoms with Gasteiger partial charge in [-0.3, -0.25) is 4.79 Å². The van der Waals surface area contributed by atoms with Gasteiger partial charge in [0.2, 0.25) is 5.91 Å². The molecule has 0 spiro atoms. The monoisotopic (exact) mass is 448 g/mol. The number of methoxy groups -OCH3 is 1. The van der Waals surface area contributed by atoms with Crippen LogP contribution in [0.15, 0.2) is 47.2 Å². The molecule has 1 amide bonds. The van der Waals surface area contributed by atoms with Gasteiger partial charge in [0.05, 0.1) is 18.5 Å². The van der Waals surface area contributed by atoms with E-state index in [9.17, 15) is 4.79 Å². The molecule has 1 N–H and O–H groups in total. The van der Waals surface area contributed by atoms with Gasteiger partial charge >= 0.3 is 0 Å². The predicted octanol–water partition coefficient (Wildman–Crippen LogP) is 6.53. The van der Waals surface area contributed by atoms with Gasteiger partial charge in [-0.15, -0.1) is 0 Å². The van der Waals surface area contributed by atoms with Gasteiger partial charge in [0, 0.05) is 13.0 Å². The van der Waals surface area contributed by atoms with Crippen LogP contribution in [0.4, 0.5) is 5.69 Å². The minimum absolute atomic E-state index is 0.150. The van der Waals surface area contributed by atoms with Gasteiger partial charge in [-0.05, 0) is 52.9 Å². The summed E-state index contributed by atoms with van der Waals surface area (Å²) in [5.41, 5.74) is 3.08. The van der Waals surface area contributed by atoms with Crippen LogP contribution in [-0.2, 0) is 16.1 Å². The van der Waals surface area contributed by atoms with E-state index in [1.807, 2.05) is 57.2 Å². The Kier molecular flexibility index (Phi) is 12.4. The number of amides is 1. The third-order valence-electron chi connectivity index (χ3n) is 4.47. The van der Waals surface area contributed by atoms with Crippen molar-refractivity contribution in [3.8, 4) is 0 Å². The molecule has 1 aromatic carbocycles. The maximum atomic E-state index is 12.1. The van der Waals surface area contributed by atoms with E-state index in [0.29, 0.717) is 6.61 Å². The molecule has 0 aliphatic heterocycles. The number of carbonyl (C=O) groups is 1. The summed E-state index contributed by atoms with van der Waals surface area (Å²) in [5.74, 6) is 0.337. The number of nitrogens with zero attached hydrogens (tertiary/aromatic N) is 1. The van der Waals surface area contributed by atoms with Crippen LogP contribution >= 0.6 is 15.9 Å². The molecule has 4 nitrogen and oxygen atoms in total. The van der Waals surface area contributed by atoms with E-state index in [4.69, 9.17) is 4.74 Å². The number of aryl methyl sites for hydroxylation is 1. The molecule has 1 aromatic heterocycles. The first kappa shape index (κ1) is 24.3. The molecule has 1 aliphatic rings. The predicted molar refractivity (Wildman–Crippen MR) is 120 cm³/mol. The Morgan fingerprint density at radius 1 is 1.18 bits per heavy atom. The smallest absolute Gasteiger partial charge is 0.227 e. The molecule has 1 heterocycles. The largest absolute Gasteiger partial charge is 0.380 e. The zero-order chi connectivity index (χ0) is 20.8. The van der Waals surface area contributed by atoms with Crippen LogP contribution in [0.1, 0.15) is 57.1 Å². The number of hydrogen-bond donors (Lipinski definition) is 1. The van der Waals surface area contributed by atoms with Crippen molar-refractivity contribution in [2.75, 3.05) is 12.4 Å². The Hall–Kier alpha value is -1.72. The minimum atomic E-state index is 0.150. The standard InChI is InChI=1S/C13H17BrN2O.C8H10O.C2H6/c1-9-7-12(14)15-8-11(9)16-13(17)10-5-3-2-4-6-10;1-9-7-8-5-3-2-4-6-8;1-2/h7-8,10H,2-6H2,1H3,(H,16,17);2-6H,7H2,1H3;1-2H3. The van der Waals surface area contributed by atoms with Crippen molar-refractivity contribution in [3.63, 3.8) is 0 Å². The van der Waals surface area contributed by atoms with Crippen molar-refractivity contribution in [2.45, 2.75) is 59.5 Å². The zero-order valence-electron chi connectivity index (χ0n) is 17.5. The number of carbonyl (C=O) groups excluding carboxylic acids is 1. The van der Waals surface area contributed by atoms with Gasteiger partial charge in [-0.2, -0.15) is 0 Å². The lowest BCUT2D eigenvalue weighted by Gasteiger charge is -2.21. The summed E-state index contributed by atoms with van der Waals surface area (Å²) < 4.78 is 5.72. The van der Waals surface area contributed by atoms with E-state index in [1.54, 1.807) is 13.3 Å². The first-order chi connectivity index (χ1) is 13.6. The van der Waals surface area contributed by atoms with Crippen LogP contribution in [0.5, 0.6) is 0 Å². The average Bonchev–Trinajstić information content (AvgIpc) is 2.74. The lowest BCUT2D eigenvalue weighted by atomic mass is 9.88. The molecular weight excluding hydrogens is 416 g/mol. The van der Waals surface area contributed by atoms with Crippen LogP contribution in [0, 0.1) is 12.8 Å².